The van der Waals surface area contributed by atoms with Crippen LogP contribution in [0.5, 0.6) is 0 Å². The number of nitrogens with two attached hydrogens (primary N) is 3. The van der Waals surface area contributed by atoms with Gasteiger partial charge in [0.15, 0.2) is 0 Å². The van der Waals surface area contributed by atoms with Gasteiger partial charge in [0.25, 0.3) is 0 Å². The van der Waals surface area contributed by atoms with Crippen LogP contribution in [0.4, 0.5) is 0 Å². The molecule has 88 valence electrons. The van der Waals surface area contributed by atoms with Crippen molar-refractivity contribution in [2.75, 3.05) is 19.6 Å². The molecule has 0 aromatic rings. The van der Waals surface area contributed by atoms with Crippen LogP contribution in [-0.4, -0.2) is 31.4 Å². The summed E-state index contributed by atoms with van der Waals surface area (Å²) in [5, 5.41) is 2.68. The molecule has 0 aromatic heterocycles. The summed E-state index contributed by atoms with van der Waals surface area (Å²) in [5.74, 6) is -0.278. The second-order valence-electron chi connectivity index (χ2n) is 2.64. The van der Waals surface area contributed by atoms with Gasteiger partial charge < -0.3 is 22.5 Å². The average Bonchev–Trinajstić information content (AvgIpc) is 2.70. The van der Waals surface area contributed by atoms with E-state index in [4.69, 9.17) is 11.5 Å². The van der Waals surface area contributed by atoms with E-state index < -0.39 is 5.91 Å². The molecule has 1 heterocycles. The lowest BCUT2D eigenvalue weighted by atomic mass is 10.4. The monoisotopic (exact) mass is 216 g/mol. The molecule has 0 unspecified atom stereocenters. The lowest BCUT2D eigenvalue weighted by Crippen LogP contribution is -2.12. The van der Waals surface area contributed by atoms with Crippen molar-refractivity contribution in [3.63, 3.8) is 0 Å². The maximum atomic E-state index is 10.1. The Kier molecular flexibility index (Phi) is 13.5. The van der Waals surface area contributed by atoms with Gasteiger partial charge in [0, 0.05) is 26.1 Å². The highest BCUT2D eigenvalue weighted by Gasteiger charge is 2.05. The van der Waals surface area contributed by atoms with Crippen LogP contribution in [0.25, 0.3) is 0 Å². The SMILES string of the molecule is C=CC(N)=O.NCCN.O=C1CCCN1. The smallest absolute Gasteiger partial charge is 0.240 e. The van der Waals surface area contributed by atoms with Crippen LogP contribution < -0.4 is 22.5 Å². The van der Waals surface area contributed by atoms with Crippen molar-refractivity contribution in [1.29, 1.82) is 0 Å². The molecular formula is C9H20N4O2. The fourth-order valence-electron chi connectivity index (χ4n) is 0.565. The maximum absolute atomic E-state index is 10.1. The highest BCUT2D eigenvalue weighted by atomic mass is 16.2. The van der Waals surface area contributed by atoms with Gasteiger partial charge in [-0.1, -0.05) is 6.58 Å². The molecular weight excluding hydrogens is 196 g/mol. The molecule has 6 nitrogen and oxygen atoms in total. The number of amides is 2. The molecule has 1 rings (SSSR count). The van der Waals surface area contributed by atoms with Crippen LogP contribution in [0.15, 0.2) is 12.7 Å². The number of nitrogens with one attached hydrogen (secondary N) is 1. The topological polar surface area (TPSA) is 124 Å². The van der Waals surface area contributed by atoms with Crippen molar-refractivity contribution >= 4 is 11.8 Å². The van der Waals surface area contributed by atoms with E-state index in [1.54, 1.807) is 0 Å². The zero-order valence-corrected chi connectivity index (χ0v) is 8.87. The van der Waals surface area contributed by atoms with Gasteiger partial charge in [0.05, 0.1) is 0 Å². The summed E-state index contributed by atoms with van der Waals surface area (Å²) in [6.07, 6.45) is 2.82. The third-order valence-corrected chi connectivity index (χ3v) is 1.27. The second kappa shape index (κ2) is 12.6. The summed E-state index contributed by atoms with van der Waals surface area (Å²) < 4.78 is 0. The van der Waals surface area contributed by atoms with Crippen molar-refractivity contribution in [2.45, 2.75) is 12.8 Å². The lowest BCUT2D eigenvalue weighted by Gasteiger charge is -1.80. The van der Waals surface area contributed by atoms with Crippen molar-refractivity contribution < 1.29 is 9.59 Å². The summed E-state index contributed by atoms with van der Waals surface area (Å²) in [6.45, 7) is 5.17. The molecule has 0 saturated carbocycles. The molecule has 0 spiro atoms. The maximum Gasteiger partial charge on any atom is 0.240 e. The summed E-state index contributed by atoms with van der Waals surface area (Å²) in [5.41, 5.74) is 14.3. The van der Waals surface area contributed by atoms with Gasteiger partial charge in [-0.15, -0.1) is 0 Å². The Balaban J connectivity index is 0. The molecule has 1 saturated heterocycles. The van der Waals surface area contributed by atoms with Gasteiger partial charge in [-0.3, -0.25) is 9.59 Å². The molecule has 1 aliphatic heterocycles. The molecule has 6 heteroatoms. The van der Waals surface area contributed by atoms with Crippen LogP contribution in [0, 0.1) is 0 Å². The van der Waals surface area contributed by atoms with E-state index >= 15 is 0 Å². The van der Waals surface area contributed by atoms with Gasteiger partial charge in [0.1, 0.15) is 0 Å². The molecule has 0 bridgehead atoms. The Morgan fingerprint density at radius 2 is 1.93 bits per heavy atom. The lowest BCUT2D eigenvalue weighted by molar-refractivity contribution is -0.119. The van der Waals surface area contributed by atoms with Gasteiger partial charge in [0.2, 0.25) is 11.8 Å². The number of hydrogen-bond acceptors (Lipinski definition) is 4. The zero-order chi connectivity index (χ0) is 12.1. The first-order valence-electron chi connectivity index (χ1n) is 4.67. The summed E-state index contributed by atoms with van der Waals surface area (Å²) in [4.78, 5) is 19.6. The van der Waals surface area contributed by atoms with Gasteiger partial charge >= 0.3 is 0 Å². The fourth-order valence-corrected chi connectivity index (χ4v) is 0.565. The average molecular weight is 216 g/mol. The number of primary amides is 1. The summed E-state index contributed by atoms with van der Waals surface area (Å²) in [7, 11) is 0. The van der Waals surface area contributed by atoms with Crippen molar-refractivity contribution in [3.05, 3.63) is 12.7 Å². The molecule has 0 radical (unpaired) electrons. The Morgan fingerprint density at radius 3 is 2.00 bits per heavy atom. The van der Waals surface area contributed by atoms with Crippen molar-refractivity contribution in [1.82, 2.24) is 5.32 Å². The fraction of sp³-hybridized carbons (Fsp3) is 0.556. The largest absolute Gasteiger partial charge is 0.366 e. The normalized spacial score (nSPS) is 12.5. The summed E-state index contributed by atoms with van der Waals surface area (Å²) >= 11 is 0. The minimum atomic E-state index is -0.481. The minimum Gasteiger partial charge on any atom is -0.366 e. The van der Waals surface area contributed by atoms with E-state index in [9.17, 15) is 9.59 Å². The highest BCUT2D eigenvalue weighted by Crippen LogP contribution is 1.93. The number of hydrogen-bond donors (Lipinski definition) is 4. The Labute approximate surface area is 89.9 Å². The Hall–Kier alpha value is -1.40. The van der Waals surface area contributed by atoms with Gasteiger partial charge in [-0.2, -0.15) is 0 Å². The van der Waals surface area contributed by atoms with E-state index in [1.807, 2.05) is 0 Å². The molecule has 1 aliphatic rings. The quantitative estimate of drug-likeness (QED) is 0.417. The number of carbonyl (C=O) groups excluding carboxylic acids is 2. The Morgan fingerprint density at radius 1 is 1.47 bits per heavy atom. The van der Waals surface area contributed by atoms with E-state index in [0.717, 1.165) is 25.5 Å². The standard InChI is InChI=1S/C4H7NO.C3H5NO.C2H8N2/c6-4-2-1-3-5-4;1-2-3(4)5;3-1-2-4/h1-3H2,(H,5,6);2H,1H2,(H2,4,5);1-4H2. The molecule has 0 aliphatic carbocycles. The first kappa shape index (κ1) is 16.0. The zero-order valence-electron chi connectivity index (χ0n) is 8.87. The number of rotatable bonds is 2. The first-order chi connectivity index (χ1) is 7.08. The van der Waals surface area contributed by atoms with Crippen LogP contribution in [0.3, 0.4) is 0 Å². The van der Waals surface area contributed by atoms with Crippen LogP contribution in [0.2, 0.25) is 0 Å². The highest BCUT2D eigenvalue weighted by molar-refractivity contribution is 5.84. The second-order valence-corrected chi connectivity index (χ2v) is 2.64. The minimum absolute atomic E-state index is 0.204. The van der Waals surface area contributed by atoms with Crippen molar-refractivity contribution in [2.24, 2.45) is 17.2 Å². The van der Waals surface area contributed by atoms with E-state index in [1.165, 1.54) is 0 Å². The summed E-state index contributed by atoms with van der Waals surface area (Å²) in [6, 6.07) is 0. The molecule has 7 N–H and O–H groups in total. The van der Waals surface area contributed by atoms with Crippen LogP contribution in [-0.2, 0) is 9.59 Å². The third-order valence-electron chi connectivity index (χ3n) is 1.27. The van der Waals surface area contributed by atoms with E-state index in [-0.39, 0.29) is 5.91 Å². The predicted octanol–water partition coefficient (Wildman–Crippen LogP) is -1.54. The molecule has 2 amide bonds. The van der Waals surface area contributed by atoms with E-state index in [0.29, 0.717) is 13.1 Å². The Bertz CT molecular complexity index is 185. The number of carbonyl (C=O) groups is 2. The third kappa shape index (κ3) is 19.1. The molecule has 0 atom stereocenters. The van der Waals surface area contributed by atoms with Gasteiger partial charge in [-0.25, -0.2) is 0 Å². The van der Waals surface area contributed by atoms with Crippen LogP contribution in [0.1, 0.15) is 12.8 Å². The van der Waals surface area contributed by atoms with Crippen LogP contribution >= 0.6 is 0 Å². The first-order valence-corrected chi connectivity index (χ1v) is 4.67. The van der Waals surface area contributed by atoms with Crippen molar-refractivity contribution in [3.8, 4) is 0 Å². The molecule has 0 aromatic carbocycles. The van der Waals surface area contributed by atoms with E-state index in [2.05, 4.69) is 17.6 Å². The molecule has 15 heavy (non-hydrogen) atoms. The molecule has 1 fully saturated rings. The predicted molar refractivity (Wildman–Crippen MR) is 59.7 cm³/mol. The van der Waals surface area contributed by atoms with Gasteiger partial charge in [-0.05, 0) is 12.5 Å².